The molecule has 0 radical (unpaired) electrons. The zero-order valence-corrected chi connectivity index (χ0v) is 15.5. The maximum atomic E-state index is 13.6. The fourth-order valence-electron chi connectivity index (χ4n) is 2.35. The molecule has 0 aromatic heterocycles. The van der Waals surface area contributed by atoms with E-state index in [0.717, 1.165) is 25.7 Å². The highest BCUT2D eigenvalue weighted by Crippen LogP contribution is 2.24. The summed E-state index contributed by atoms with van der Waals surface area (Å²) in [6.07, 6.45) is 6.84. The van der Waals surface area contributed by atoms with Crippen LogP contribution in [0.3, 0.4) is 0 Å². The first-order valence-electron chi connectivity index (χ1n) is 8.21. The fourth-order valence-corrected chi connectivity index (χ4v) is 4.62. The van der Waals surface area contributed by atoms with Gasteiger partial charge in [-0.2, -0.15) is 0 Å². The first kappa shape index (κ1) is 21.1. The van der Waals surface area contributed by atoms with E-state index < -0.39 is 30.2 Å². The van der Waals surface area contributed by atoms with E-state index >= 15 is 0 Å². The van der Waals surface area contributed by atoms with Crippen molar-refractivity contribution in [3.8, 4) is 0 Å². The zero-order valence-electron chi connectivity index (χ0n) is 13.1. The second-order valence-corrected chi connectivity index (χ2v) is 9.88. The summed E-state index contributed by atoms with van der Waals surface area (Å²) in [6, 6.07) is -0.0518. The molecule has 0 aliphatic carbocycles. The normalized spacial score (nSPS) is 13.4. The van der Waals surface area contributed by atoms with Gasteiger partial charge in [0.25, 0.3) is 0 Å². The molecule has 0 spiro atoms. The van der Waals surface area contributed by atoms with E-state index in [1.165, 1.54) is 0 Å². The Morgan fingerprint density at radius 3 is 2.00 bits per heavy atom. The Kier molecular flexibility index (Phi) is 11.7. The van der Waals surface area contributed by atoms with Crippen LogP contribution in [0, 0.1) is 0 Å². The predicted molar refractivity (Wildman–Crippen MR) is 84.0 cm³/mol. The number of hydrogen-bond acceptors (Lipinski definition) is 0. The van der Waals surface area contributed by atoms with Crippen LogP contribution in [-0.4, -0.2) is 24.1 Å². The molecule has 0 aliphatic heterocycles. The topological polar surface area (TPSA) is 0 Å². The average molecular weight is 349 g/mol. The molecule has 0 fully saturated rings. The lowest BCUT2D eigenvalue weighted by Crippen LogP contribution is -2.24. The quantitative estimate of drug-likeness (QED) is 0.158. The predicted octanol–water partition coefficient (Wildman–Crippen LogP) is 5.93. The summed E-state index contributed by atoms with van der Waals surface area (Å²) in [7, 11) is -6.80. The van der Waals surface area contributed by atoms with Crippen LogP contribution in [0.5, 0.6) is 0 Å². The molecule has 0 atom stereocenters. The lowest BCUT2D eigenvalue weighted by molar-refractivity contribution is 0.0770. The SMILES string of the molecule is CCCCCCCC(F)(F)[SiH2]CCCCCC[Si](F)(F)F. The fraction of sp³-hybridized carbons (Fsp3) is 1.00. The van der Waals surface area contributed by atoms with E-state index in [-0.39, 0.29) is 12.8 Å². The first-order valence-corrected chi connectivity index (χ1v) is 11.8. The van der Waals surface area contributed by atoms with Crippen molar-refractivity contribution >= 4 is 18.6 Å². The van der Waals surface area contributed by atoms with Crippen molar-refractivity contribution in [2.45, 2.75) is 88.8 Å². The second-order valence-electron chi connectivity index (χ2n) is 5.90. The van der Waals surface area contributed by atoms with Crippen molar-refractivity contribution < 1.29 is 21.1 Å². The molecule has 0 saturated heterocycles. The van der Waals surface area contributed by atoms with Gasteiger partial charge in [0.1, 0.15) is 9.52 Å². The third-order valence-corrected chi connectivity index (χ3v) is 6.51. The van der Waals surface area contributed by atoms with Crippen molar-refractivity contribution in [1.29, 1.82) is 0 Å². The minimum absolute atomic E-state index is 0.0165. The highest BCUT2D eigenvalue weighted by Gasteiger charge is 2.35. The molecule has 0 N–H and O–H groups in total. The largest absolute Gasteiger partial charge is 0.616 e. The van der Waals surface area contributed by atoms with Crippen LogP contribution in [-0.2, 0) is 0 Å². The first-order chi connectivity index (χ1) is 9.77. The van der Waals surface area contributed by atoms with Crippen molar-refractivity contribution in [1.82, 2.24) is 0 Å². The zero-order chi connectivity index (χ0) is 16.2. The molecule has 0 unspecified atom stereocenters. The summed E-state index contributed by atoms with van der Waals surface area (Å²) in [5, 5.41) is 0. The van der Waals surface area contributed by atoms with Gasteiger partial charge in [-0.15, -0.1) is 0 Å². The Labute approximate surface area is 129 Å². The molecule has 0 bridgehead atoms. The lowest BCUT2D eigenvalue weighted by atomic mass is 10.1. The van der Waals surface area contributed by atoms with Gasteiger partial charge in [-0.3, -0.25) is 0 Å². The van der Waals surface area contributed by atoms with Gasteiger partial charge in [-0.1, -0.05) is 57.9 Å². The van der Waals surface area contributed by atoms with Crippen molar-refractivity contribution in [3.63, 3.8) is 0 Å². The number of halogens is 5. The molecular weight excluding hydrogens is 319 g/mol. The molecule has 21 heavy (non-hydrogen) atoms. The Balaban J connectivity index is 3.44. The summed E-state index contributed by atoms with van der Waals surface area (Å²) in [4.78, 5) is 0. The molecule has 0 aromatic rings. The molecule has 0 rings (SSSR count). The van der Waals surface area contributed by atoms with Crippen LogP contribution < -0.4 is 0 Å². The van der Waals surface area contributed by atoms with Gasteiger partial charge in [0.15, 0.2) is 0 Å². The Hall–Kier alpha value is 0.0838. The molecular formula is C14H29F5Si2. The van der Waals surface area contributed by atoms with E-state index in [1.807, 2.05) is 0 Å². The molecule has 0 aliphatic rings. The molecule has 0 aromatic carbocycles. The van der Waals surface area contributed by atoms with Gasteiger partial charge in [0.05, 0.1) is 0 Å². The number of hydrogen-bond donors (Lipinski definition) is 0. The van der Waals surface area contributed by atoms with E-state index in [2.05, 4.69) is 6.92 Å². The second kappa shape index (κ2) is 11.6. The minimum Gasteiger partial charge on any atom is -0.238 e. The van der Waals surface area contributed by atoms with Crippen LogP contribution in [0.15, 0.2) is 0 Å². The third-order valence-electron chi connectivity index (χ3n) is 3.65. The van der Waals surface area contributed by atoms with Crippen molar-refractivity contribution in [3.05, 3.63) is 0 Å². The van der Waals surface area contributed by atoms with Gasteiger partial charge in [0.2, 0.25) is 5.55 Å². The summed E-state index contributed by atoms with van der Waals surface area (Å²) >= 11 is 0. The number of rotatable bonds is 14. The van der Waals surface area contributed by atoms with E-state index in [1.54, 1.807) is 0 Å². The van der Waals surface area contributed by atoms with Gasteiger partial charge < -0.3 is 0 Å². The minimum atomic E-state index is -5.39. The van der Waals surface area contributed by atoms with Crippen molar-refractivity contribution in [2.24, 2.45) is 0 Å². The molecule has 0 amide bonds. The molecule has 0 nitrogen and oxygen atoms in total. The summed E-state index contributed by atoms with van der Waals surface area (Å²) in [5.74, 6) is 0. The number of unbranched alkanes of at least 4 members (excludes halogenated alkanes) is 7. The van der Waals surface area contributed by atoms with Crippen molar-refractivity contribution in [2.75, 3.05) is 0 Å². The highest BCUT2D eigenvalue weighted by atomic mass is 28.5. The maximum Gasteiger partial charge on any atom is 0.616 e. The van der Waals surface area contributed by atoms with Gasteiger partial charge in [-0.25, -0.2) is 21.1 Å². The average Bonchev–Trinajstić information content (AvgIpc) is 2.36. The molecule has 0 saturated carbocycles. The Bertz CT molecular complexity index is 244. The monoisotopic (exact) mass is 348 g/mol. The van der Waals surface area contributed by atoms with Gasteiger partial charge >= 0.3 is 9.08 Å². The maximum absolute atomic E-state index is 13.6. The summed E-state index contributed by atoms with van der Waals surface area (Å²) in [5.41, 5.74) is -2.45. The number of alkyl halides is 2. The third kappa shape index (κ3) is 16.3. The highest BCUT2D eigenvalue weighted by molar-refractivity contribution is 6.58. The molecule has 128 valence electrons. The summed E-state index contributed by atoms with van der Waals surface area (Å²) < 4.78 is 63.3. The van der Waals surface area contributed by atoms with Crippen LogP contribution in [0.2, 0.25) is 12.1 Å². The van der Waals surface area contributed by atoms with Gasteiger partial charge in [-0.05, 0) is 12.8 Å². The van der Waals surface area contributed by atoms with E-state index in [9.17, 15) is 21.1 Å². The Morgan fingerprint density at radius 1 is 0.810 bits per heavy atom. The van der Waals surface area contributed by atoms with E-state index in [0.29, 0.717) is 31.7 Å². The smallest absolute Gasteiger partial charge is 0.238 e. The summed E-state index contributed by atoms with van der Waals surface area (Å²) in [6.45, 7) is 2.10. The molecule has 0 heterocycles. The van der Waals surface area contributed by atoms with Gasteiger partial charge in [0, 0.05) is 12.5 Å². The lowest BCUT2D eigenvalue weighted by Gasteiger charge is -2.15. The van der Waals surface area contributed by atoms with Crippen LogP contribution in [0.4, 0.5) is 21.1 Å². The molecule has 7 heteroatoms. The van der Waals surface area contributed by atoms with Crippen LogP contribution in [0.1, 0.15) is 71.1 Å². The standard InChI is InChI=1S/C14H29F5Si2/c1-2-3-4-5-8-11-14(15,16)20-12-9-6-7-10-13-21(17,18)19/h2-13,20H2,1H3. The van der Waals surface area contributed by atoms with Crippen LogP contribution >= 0.6 is 0 Å². The Morgan fingerprint density at radius 2 is 1.38 bits per heavy atom. The van der Waals surface area contributed by atoms with Crippen LogP contribution in [0.25, 0.3) is 0 Å². The van der Waals surface area contributed by atoms with E-state index in [4.69, 9.17) is 0 Å².